The van der Waals surface area contributed by atoms with Gasteiger partial charge in [-0.25, -0.2) is 0 Å². The first-order valence-corrected chi connectivity index (χ1v) is 7.29. The van der Waals surface area contributed by atoms with Gasteiger partial charge in [0, 0.05) is 30.9 Å². The Balaban J connectivity index is 2.23. The Kier molecular flexibility index (Phi) is 4.70. The molecule has 1 saturated carbocycles. The first kappa shape index (κ1) is 14.2. The summed E-state index contributed by atoms with van der Waals surface area (Å²) in [5.74, 6) is 1.65. The van der Waals surface area contributed by atoms with Crippen LogP contribution in [0.15, 0.2) is 18.2 Å². The number of hydrogen-bond donors (Lipinski definition) is 1. The van der Waals surface area contributed by atoms with E-state index >= 15 is 0 Å². The van der Waals surface area contributed by atoms with E-state index in [4.69, 9.17) is 10.5 Å². The second-order valence-electron chi connectivity index (χ2n) is 5.81. The molecule has 0 aliphatic heterocycles. The molecule has 1 aliphatic rings. The topological polar surface area (TPSA) is 38.5 Å². The van der Waals surface area contributed by atoms with Crippen LogP contribution >= 0.6 is 0 Å². The van der Waals surface area contributed by atoms with Gasteiger partial charge in [-0.3, -0.25) is 0 Å². The van der Waals surface area contributed by atoms with Crippen molar-refractivity contribution in [2.24, 2.45) is 11.7 Å². The van der Waals surface area contributed by atoms with Crippen LogP contribution in [0.1, 0.15) is 38.7 Å². The highest BCUT2D eigenvalue weighted by Gasteiger charge is 2.30. The lowest BCUT2D eigenvalue weighted by Crippen LogP contribution is -2.29. The standard InChI is InChI=1S/C16H26N2O/c1-12(2)8-9-18(14-5-6-14)16-10-15(19-3)7-4-13(16)11-17/h4,7,10,12,14H,5-6,8-9,11,17H2,1-3H3. The van der Waals surface area contributed by atoms with E-state index in [-0.39, 0.29) is 0 Å². The van der Waals surface area contributed by atoms with Gasteiger partial charge in [-0.05, 0) is 36.8 Å². The minimum atomic E-state index is 0.588. The van der Waals surface area contributed by atoms with Gasteiger partial charge in [0.05, 0.1) is 7.11 Å². The number of rotatable bonds is 7. The van der Waals surface area contributed by atoms with E-state index in [1.807, 2.05) is 6.07 Å². The minimum absolute atomic E-state index is 0.588. The molecule has 0 atom stereocenters. The number of ether oxygens (including phenoxy) is 1. The fourth-order valence-electron chi connectivity index (χ4n) is 2.39. The number of benzene rings is 1. The van der Waals surface area contributed by atoms with Crippen molar-refractivity contribution in [3.63, 3.8) is 0 Å². The Bertz CT molecular complexity index is 413. The SMILES string of the molecule is COc1ccc(CN)c(N(CCC(C)C)C2CC2)c1. The monoisotopic (exact) mass is 262 g/mol. The van der Waals surface area contributed by atoms with Crippen molar-refractivity contribution < 1.29 is 4.74 Å². The molecule has 1 fully saturated rings. The fraction of sp³-hybridized carbons (Fsp3) is 0.625. The van der Waals surface area contributed by atoms with Crippen molar-refractivity contribution in [2.75, 3.05) is 18.6 Å². The van der Waals surface area contributed by atoms with E-state index in [9.17, 15) is 0 Å². The predicted molar refractivity (Wildman–Crippen MR) is 80.7 cm³/mol. The molecule has 0 aromatic heterocycles. The Morgan fingerprint density at radius 1 is 1.37 bits per heavy atom. The number of hydrogen-bond acceptors (Lipinski definition) is 3. The third-order valence-electron chi connectivity index (χ3n) is 3.76. The quantitative estimate of drug-likeness (QED) is 0.820. The van der Waals surface area contributed by atoms with Crippen molar-refractivity contribution in [3.8, 4) is 5.75 Å². The maximum Gasteiger partial charge on any atom is 0.120 e. The molecule has 2 N–H and O–H groups in total. The maximum absolute atomic E-state index is 5.89. The van der Waals surface area contributed by atoms with Crippen LogP contribution in [0.3, 0.4) is 0 Å². The first-order chi connectivity index (χ1) is 9.15. The van der Waals surface area contributed by atoms with Crippen LogP contribution in [-0.2, 0) is 6.54 Å². The lowest BCUT2D eigenvalue weighted by atomic mass is 10.1. The Morgan fingerprint density at radius 3 is 2.63 bits per heavy atom. The molecule has 1 aromatic carbocycles. The van der Waals surface area contributed by atoms with Crippen LogP contribution in [0.2, 0.25) is 0 Å². The van der Waals surface area contributed by atoms with Crippen LogP contribution in [0, 0.1) is 5.92 Å². The average Bonchev–Trinajstić information content (AvgIpc) is 3.23. The van der Waals surface area contributed by atoms with Crippen molar-refractivity contribution in [3.05, 3.63) is 23.8 Å². The van der Waals surface area contributed by atoms with E-state index in [0.29, 0.717) is 12.6 Å². The largest absolute Gasteiger partial charge is 0.497 e. The number of nitrogens with two attached hydrogens (primary N) is 1. The van der Waals surface area contributed by atoms with Gasteiger partial charge >= 0.3 is 0 Å². The molecule has 2 rings (SSSR count). The first-order valence-electron chi connectivity index (χ1n) is 7.29. The van der Waals surface area contributed by atoms with Crippen molar-refractivity contribution in [1.29, 1.82) is 0 Å². The fourth-order valence-corrected chi connectivity index (χ4v) is 2.39. The van der Waals surface area contributed by atoms with Crippen LogP contribution in [0.4, 0.5) is 5.69 Å². The van der Waals surface area contributed by atoms with Crippen molar-refractivity contribution in [2.45, 2.75) is 45.7 Å². The summed E-state index contributed by atoms with van der Waals surface area (Å²) in [5, 5.41) is 0. The molecular weight excluding hydrogens is 236 g/mol. The highest BCUT2D eigenvalue weighted by atomic mass is 16.5. The summed E-state index contributed by atoms with van der Waals surface area (Å²) >= 11 is 0. The van der Waals surface area contributed by atoms with Crippen LogP contribution in [0.5, 0.6) is 5.75 Å². The zero-order chi connectivity index (χ0) is 13.8. The Labute approximate surface area is 116 Å². The zero-order valence-corrected chi connectivity index (χ0v) is 12.4. The van der Waals surface area contributed by atoms with Crippen LogP contribution in [-0.4, -0.2) is 19.7 Å². The summed E-state index contributed by atoms with van der Waals surface area (Å²) < 4.78 is 5.36. The van der Waals surface area contributed by atoms with Crippen LogP contribution < -0.4 is 15.4 Å². The van der Waals surface area contributed by atoms with Gasteiger partial charge in [-0.2, -0.15) is 0 Å². The molecule has 0 unspecified atom stereocenters. The summed E-state index contributed by atoms with van der Waals surface area (Å²) in [4.78, 5) is 2.53. The third kappa shape index (κ3) is 3.63. The molecule has 1 aliphatic carbocycles. The molecule has 0 heterocycles. The van der Waals surface area contributed by atoms with E-state index in [1.165, 1.54) is 30.5 Å². The molecular formula is C16H26N2O. The minimum Gasteiger partial charge on any atom is -0.497 e. The second kappa shape index (κ2) is 6.29. The zero-order valence-electron chi connectivity index (χ0n) is 12.4. The molecule has 1 aromatic rings. The predicted octanol–water partition coefficient (Wildman–Crippen LogP) is 3.17. The van der Waals surface area contributed by atoms with Gasteiger partial charge < -0.3 is 15.4 Å². The molecule has 3 heteroatoms. The molecule has 0 bridgehead atoms. The third-order valence-corrected chi connectivity index (χ3v) is 3.76. The van der Waals surface area contributed by atoms with Gasteiger partial charge in [-0.15, -0.1) is 0 Å². The van der Waals surface area contributed by atoms with E-state index in [2.05, 4.69) is 30.9 Å². The summed E-state index contributed by atoms with van der Waals surface area (Å²) in [6, 6.07) is 6.94. The number of methoxy groups -OCH3 is 1. The molecule has 3 nitrogen and oxygen atoms in total. The smallest absolute Gasteiger partial charge is 0.120 e. The molecule has 0 amide bonds. The highest BCUT2D eigenvalue weighted by Crippen LogP contribution is 2.35. The lowest BCUT2D eigenvalue weighted by molar-refractivity contribution is 0.414. The summed E-state index contributed by atoms with van der Waals surface area (Å²) in [6.45, 7) is 6.26. The Morgan fingerprint density at radius 2 is 2.11 bits per heavy atom. The summed E-state index contributed by atoms with van der Waals surface area (Å²) in [6.07, 6.45) is 3.83. The van der Waals surface area contributed by atoms with E-state index in [0.717, 1.165) is 18.2 Å². The van der Waals surface area contributed by atoms with Crippen LogP contribution in [0.25, 0.3) is 0 Å². The normalized spacial score (nSPS) is 14.8. The van der Waals surface area contributed by atoms with E-state index in [1.54, 1.807) is 7.11 Å². The summed E-state index contributed by atoms with van der Waals surface area (Å²) in [7, 11) is 1.72. The van der Waals surface area contributed by atoms with Gasteiger partial charge in [0.15, 0.2) is 0 Å². The van der Waals surface area contributed by atoms with E-state index < -0.39 is 0 Å². The van der Waals surface area contributed by atoms with Gasteiger partial charge in [0.2, 0.25) is 0 Å². The molecule has 106 valence electrons. The molecule has 0 saturated heterocycles. The van der Waals surface area contributed by atoms with Crippen molar-refractivity contribution >= 4 is 5.69 Å². The number of nitrogens with zero attached hydrogens (tertiary/aromatic N) is 1. The Hall–Kier alpha value is -1.22. The number of anilines is 1. The summed E-state index contributed by atoms with van der Waals surface area (Å²) in [5.41, 5.74) is 8.38. The van der Waals surface area contributed by atoms with Gasteiger partial charge in [0.1, 0.15) is 5.75 Å². The highest BCUT2D eigenvalue weighted by molar-refractivity contribution is 5.58. The van der Waals surface area contributed by atoms with Gasteiger partial charge in [-0.1, -0.05) is 19.9 Å². The van der Waals surface area contributed by atoms with Gasteiger partial charge in [0.25, 0.3) is 0 Å². The molecule has 19 heavy (non-hydrogen) atoms. The lowest BCUT2D eigenvalue weighted by Gasteiger charge is -2.28. The maximum atomic E-state index is 5.89. The molecule has 0 radical (unpaired) electrons. The van der Waals surface area contributed by atoms with Crippen molar-refractivity contribution in [1.82, 2.24) is 0 Å². The molecule has 0 spiro atoms. The average molecular weight is 262 g/mol. The second-order valence-corrected chi connectivity index (χ2v) is 5.81.